The molecule has 0 saturated heterocycles. The first kappa shape index (κ1) is 12.0. The topological polar surface area (TPSA) is 59.3 Å². The normalized spacial score (nSPS) is 12.9. The van der Waals surface area contributed by atoms with Crippen LogP contribution in [0.2, 0.25) is 0 Å². The maximum absolute atomic E-state index is 9.12. The molecule has 0 amide bonds. The molecule has 86 valence electrons. The number of methoxy groups -OCH3 is 1. The molecule has 0 unspecified atom stereocenters. The summed E-state index contributed by atoms with van der Waals surface area (Å²) in [5.74, 6) is 0.769. The van der Waals surface area contributed by atoms with Crippen LogP contribution in [0.25, 0.3) is 0 Å². The summed E-state index contributed by atoms with van der Waals surface area (Å²) in [6, 6.07) is 0. The molecule has 0 fully saturated rings. The summed E-state index contributed by atoms with van der Waals surface area (Å²) < 4.78 is 6.97. The Morgan fingerprint density at radius 1 is 1.60 bits per heavy atom. The van der Waals surface area contributed by atoms with E-state index in [9.17, 15) is 0 Å². The van der Waals surface area contributed by atoms with Gasteiger partial charge in [-0.15, -0.1) is 0 Å². The van der Waals surface area contributed by atoms with Crippen molar-refractivity contribution in [1.29, 1.82) is 0 Å². The quantitative estimate of drug-likeness (QED) is 0.734. The van der Waals surface area contributed by atoms with E-state index in [0.29, 0.717) is 13.1 Å². The standard InChI is InChI=1S/C10H19N3O2/c1-7(14)5-11-6-9-8(2)12-13(3)10(9)15-4/h7,11,14H,5-6H2,1-4H3/t7-/m0/s1. The van der Waals surface area contributed by atoms with Gasteiger partial charge in [0, 0.05) is 20.1 Å². The SMILES string of the molecule is COc1c(CNC[C@H](C)O)c(C)nn1C. The zero-order valence-corrected chi connectivity index (χ0v) is 9.74. The molecule has 0 aliphatic carbocycles. The van der Waals surface area contributed by atoms with Crippen molar-refractivity contribution < 1.29 is 9.84 Å². The lowest BCUT2D eigenvalue weighted by atomic mass is 10.2. The number of ether oxygens (including phenoxy) is 1. The fraction of sp³-hybridized carbons (Fsp3) is 0.700. The summed E-state index contributed by atoms with van der Waals surface area (Å²) in [5, 5.41) is 16.5. The van der Waals surface area contributed by atoms with Gasteiger partial charge in [0.25, 0.3) is 0 Å². The Morgan fingerprint density at radius 2 is 2.27 bits per heavy atom. The Labute approximate surface area is 90.1 Å². The third-order valence-corrected chi connectivity index (χ3v) is 2.22. The molecule has 0 aromatic carbocycles. The number of aliphatic hydroxyl groups is 1. The second kappa shape index (κ2) is 5.14. The van der Waals surface area contributed by atoms with Crippen LogP contribution in [0.5, 0.6) is 5.88 Å². The predicted octanol–water partition coefficient (Wildman–Crippen LogP) is 0.208. The van der Waals surface area contributed by atoms with Crippen molar-refractivity contribution in [2.75, 3.05) is 13.7 Å². The Kier molecular flexibility index (Phi) is 4.11. The van der Waals surface area contributed by atoms with Gasteiger partial charge in [-0.3, -0.25) is 0 Å². The van der Waals surface area contributed by atoms with Crippen molar-refractivity contribution in [1.82, 2.24) is 15.1 Å². The van der Waals surface area contributed by atoms with Crippen LogP contribution in [-0.4, -0.2) is 34.6 Å². The number of hydrogen-bond acceptors (Lipinski definition) is 4. The van der Waals surface area contributed by atoms with Crippen LogP contribution in [-0.2, 0) is 13.6 Å². The van der Waals surface area contributed by atoms with Gasteiger partial charge in [0.2, 0.25) is 5.88 Å². The van der Waals surface area contributed by atoms with Gasteiger partial charge < -0.3 is 15.2 Å². The van der Waals surface area contributed by atoms with Crippen LogP contribution < -0.4 is 10.1 Å². The van der Waals surface area contributed by atoms with Crippen LogP contribution in [0.3, 0.4) is 0 Å². The average Bonchev–Trinajstić information content (AvgIpc) is 2.41. The number of nitrogens with zero attached hydrogens (tertiary/aromatic N) is 2. The van der Waals surface area contributed by atoms with E-state index >= 15 is 0 Å². The molecule has 0 aliphatic rings. The zero-order valence-electron chi connectivity index (χ0n) is 9.74. The second-order valence-electron chi connectivity index (χ2n) is 3.68. The van der Waals surface area contributed by atoms with Gasteiger partial charge in [0.05, 0.1) is 24.5 Å². The van der Waals surface area contributed by atoms with Gasteiger partial charge in [-0.25, -0.2) is 4.68 Å². The summed E-state index contributed by atoms with van der Waals surface area (Å²) in [7, 11) is 3.48. The molecule has 0 radical (unpaired) electrons. The van der Waals surface area contributed by atoms with Gasteiger partial charge in [0.15, 0.2) is 0 Å². The smallest absolute Gasteiger partial charge is 0.216 e. The number of aromatic nitrogens is 2. The highest BCUT2D eigenvalue weighted by atomic mass is 16.5. The van der Waals surface area contributed by atoms with Crippen molar-refractivity contribution in [2.24, 2.45) is 7.05 Å². The number of aryl methyl sites for hydroxylation is 2. The van der Waals surface area contributed by atoms with E-state index in [0.717, 1.165) is 17.1 Å². The number of aliphatic hydroxyl groups excluding tert-OH is 1. The summed E-state index contributed by atoms with van der Waals surface area (Å²) in [6.45, 7) is 4.92. The second-order valence-corrected chi connectivity index (χ2v) is 3.68. The van der Waals surface area contributed by atoms with E-state index in [-0.39, 0.29) is 6.10 Å². The molecule has 1 atom stereocenters. The molecule has 1 heterocycles. The molecule has 0 spiro atoms. The summed E-state index contributed by atoms with van der Waals surface area (Å²) in [6.07, 6.45) is -0.340. The van der Waals surface area contributed by atoms with Gasteiger partial charge in [-0.05, 0) is 13.8 Å². The lowest BCUT2D eigenvalue weighted by molar-refractivity contribution is 0.190. The lowest BCUT2D eigenvalue weighted by Gasteiger charge is -2.08. The van der Waals surface area contributed by atoms with E-state index in [2.05, 4.69) is 10.4 Å². The molecule has 1 rings (SSSR count). The van der Waals surface area contributed by atoms with E-state index in [4.69, 9.17) is 9.84 Å². The third kappa shape index (κ3) is 2.94. The fourth-order valence-electron chi connectivity index (χ4n) is 1.55. The average molecular weight is 213 g/mol. The van der Waals surface area contributed by atoms with E-state index in [1.165, 1.54) is 0 Å². The van der Waals surface area contributed by atoms with Crippen LogP contribution in [0.1, 0.15) is 18.2 Å². The van der Waals surface area contributed by atoms with Gasteiger partial charge in [-0.2, -0.15) is 5.10 Å². The Balaban J connectivity index is 2.67. The van der Waals surface area contributed by atoms with Gasteiger partial charge in [-0.1, -0.05) is 0 Å². The van der Waals surface area contributed by atoms with E-state index in [1.807, 2.05) is 14.0 Å². The number of rotatable bonds is 5. The van der Waals surface area contributed by atoms with Gasteiger partial charge >= 0.3 is 0 Å². The number of hydrogen-bond donors (Lipinski definition) is 2. The molecule has 15 heavy (non-hydrogen) atoms. The molecule has 0 bridgehead atoms. The van der Waals surface area contributed by atoms with E-state index < -0.39 is 0 Å². The third-order valence-electron chi connectivity index (χ3n) is 2.22. The van der Waals surface area contributed by atoms with Crippen LogP contribution >= 0.6 is 0 Å². The fourth-order valence-corrected chi connectivity index (χ4v) is 1.55. The van der Waals surface area contributed by atoms with E-state index in [1.54, 1.807) is 18.7 Å². The minimum atomic E-state index is -0.340. The molecule has 1 aromatic rings. The largest absolute Gasteiger partial charge is 0.481 e. The molecule has 1 aromatic heterocycles. The Bertz CT molecular complexity index is 321. The molecule has 5 heteroatoms. The highest BCUT2D eigenvalue weighted by molar-refractivity contribution is 5.30. The minimum absolute atomic E-state index is 0.340. The predicted molar refractivity (Wildman–Crippen MR) is 57.9 cm³/mol. The molecule has 0 saturated carbocycles. The van der Waals surface area contributed by atoms with Crippen molar-refractivity contribution >= 4 is 0 Å². The molecular weight excluding hydrogens is 194 g/mol. The van der Waals surface area contributed by atoms with Crippen LogP contribution in [0.15, 0.2) is 0 Å². The molecule has 2 N–H and O–H groups in total. The summed E-state index contributed by atoms with van der Waals surface area (Å²) in [5.41, 5.74) is 1.99. The number of nitrogens with one attached hydrogen (secondary N) is 1. The first-order valence-corrected chi connectivity index (χ1v) is 5.01. The highest BCUT2D eigenvalue weighted by Gasteiger charge is 2.12. The first-order valence-electron chi connectivity index (χ1n) is 5.01. The van der Waals surface area contributed by atoms with Crippen molar-refractivity contribution in [3.63, 3.8) is 0 Å². The van der Waals surface area contributed by atoms with Crippen molar-refractivity contribution in [2.45, 2.75) is 26.5 Å². The maximum Gasteiger partial charge on any atom is 0.216 e. The van der Waals surface area contributed by atoms with Crippen molar-refractivity contribution in [3.05, 3.63) is 11.3 Å². The molecular formula is C10H19N3O2. The maximum atomic E-state index is 9.12. The molecule has 5 nitrogen and oxygen atoms in total. The van der Waals surface area contributed by atoms with Crippen LogP contribution in [0.4, 0.5) is 0 Å². The first-order chi connectivity index (χ1) is 7.06. The Hall–Kier alpha value is -1.07. The van der Waals surface area contributed by atoms with Gasteiger partial charge in [0.1, 0.15) is 0 Å². The summed E-state index contributed by atoms with van der Waals surface area (Å²) >= 11 is 0. The summed E-state index contributed by atoms with van der Waals surface area (Å²) in [4.78, 5) is 0. The zero-order chi connectivity index (χ0) is 11.4. The molecule has 0 aliphatic heterocycles. The minimum Gasteiger partial charge on any atom is -0.481 e. The van der Waals surface area contributed by atoms with Crippen LogP contribution in [0, 0.1) is 6.92 Å². The Morgan fingerprint density at radius 3 is 2.80 bits per heavy atom. The monoisotopic (exact) mass is 213 g/mol. The van der Waals surface area contributed by atoms with Crippen molar-refractivity contribution in [3.8, 4) is 5.88 Å². The highest BCUT2D eigenvalue weighted by Crippen LogP contribution is 2.20. The lowest BCUT2D eigenvalue weighted by Crippen LogP contribution is -2.24.